The second kappa shape index (κ2) is 45.8. The number of allylic oxidation sites excluding steroid dienone is 4. The Kier molecular flexibility index (Phi) is 44.5. The number of carboxylic acid groups (broad SMARTS) is 1. The lowest BCUT2D eigenvalue weighted by molar-refractivity contribution is -0.150. The van der Waals surface area contributed by atoms with Crippen molar-refractivity contribution in [3.8, 4) is 0 Å². The Morgan fingerprint density at radius 2 is 0.722 bits per heavy atom. The first-order valence-corrected chi connectivity index (χ1v) is 24.3. The Labute approximate surface area is 337 Å². The van der Waals surface area contributed by atoms with Gasteiger partial charge in [-0.1, -0.05) is 218 Å². The van der Waals surface area contributed by atoms with Crippen molar-refractivity contribution >= 4 is 11.9 Å². The molecule has 0 spiro atoms. The van der Waals surface area contributed by atoms with Crippen molar-refractivity contribution in [2.75, 3.05) is 0 Å². The zero-order valence-electron chi connectivity index (χ0n) is 36.6. The average molecular weight is 759 g/mol. The molecule has 0 aliphatic heterocycles. The van der Waals surface area contributed by atoms with Crippen molar-refractivity contribution in [2.24, 2.45) is 0 Å². The lowest BCUT2D eigenvalue weighted by Crippen LogP contribution is -2.18. The molecule has 0 saturated heterocycles. The maximum atomic E-state index is 12.8. The number of aliphatic carboxylic acids is 1. The quantitative estimate of drug-likeness (QED) is 0.0382. The Balaban J connectivity index is 3.89. The zero-order chi connectivity index (χ0) is 39.3. The van der Waals surface area contributed by atoms with Crippen LogP contribution in [0.4, 0.5) is 0 Å². The van der Waals surface area contributed by atoms with E-state index in [-0.39, 0.29) is 18.5 Å². The van der Waals surface area contributed by atoms with Crippen molar-refractivity contribution < 1.29 is 19.4 Å². The topological polar surface area (TPSA) is 63.6 Å². The minimum Gasteiger partial charge on any atom is -0.481 e. The largest absolute Gasteiger partial charge is 0.481 e. The molecule has 1 atom stereocenters. The molecule has 0 amide bonds. The van der Waals surface area contributed by atoms with Gasteiger partial charge < -0.3 is 9.84 Å². The molecule has 0 aromatic carbocycles. The van der Waals surface area contributed by atoms with Gasteiger partial charge in [0.1, 0.15) is 6.10 Å². The van der Waals surface area contributed by atoms with Crippen LogP contribution in [-0.2, 0) is 14.3 Å². The highest BCUT2D eigenvalue weighted by Gasteiger charge is 2.14. The second-order valence-corrected chi connectivity index (χ2v) is 16.7. The highest BCUT2D eigenvalue weighted by Crippen LogP contribution is 2.19. The first kappa shape index (κ1) is 52.4. The SMILES string of the molecule is CCCCCCC/C=C\C/C=C\CCCCCCCCCCCCCC(=O)OC(CCCCCCCCCCCCCCC)CCCCCCCC(=O)O. The van der Waals surface area contributed by atoms with Gasteiger partial charge in [0.25, 0.3) is 0 Å². The lowest BCUT2D eigenvalue weighted by Gasteiger charge is -2.18. The number of ether oxygens (including phenoxy) is 1. The van der Waals surface area contributed by atoms with Crippen molar-refractivity contribution in [2.45, 2.75) is 283 Å². The number of esters is 1. The lowest BCUT2D eigenvalue weighted by atomic mass is 10.0. The summed E-state index contributed by atoms with van der Waals surface area (Å²) >= 11 is 0. The summed E-state index contributed by atoms with van der Waals surface area (Å²) in [6.07, 6.45) is 59.4. The Morgan fingerprint density at radius 3 is 1.09 bits per heavy atom. The van der Waals surface area contributed by atoms with Crippen LogP contribution in [0.25, 0.3) is 0 Å². The molecule has 1 unspecified atom stereocenters. The maximum absolute atomic E-state index is 12.8. The smallest absolute Gasteiger partial charge is 0.306 e. The van der Waals surface area contributed by atoms with E-state index < -0.39 is 5.97 Å². The monoisotopic (exact) mass is 759 g/mol. The third-order valence-corrected chi connectivity index (χ3v) is 11.2. The molecule has 0 bridgehead atoms. The summed E-state index contributed by atoms with van der Waals surface area (Å²) in [5.41, 5.74) is 0. The predicted molar refractivity (Wildman–Crippen MR) is 236 cm³/mol. The summed E-state index contributed by atoms with van der Waals surface area (Å²) in [6.45, 7) is 4.56. The summed E-state index contributed by atoms with van der Waals surface area (Å²) in [7, 11) is 0. The third-order valence-electron chi connectivity index (χ3n) is 11.2. The first-order valence-electron chi connectivity index (χ1n) is 24.3. The molecule has 0 saturated carbocycles. The Bertz CT molecular complexity index is 817. The van der Waals surface area contributed by atoms with Crippen LogP contribution in [0.2, 0.25) is 0 Å². The van der Waals surface area contributed by atoms with Gasteiger partial charge >= 0.3 is 11.9 Å². The van der Waals surface area contributed by atoms with E-state index in [9.17, 15) is 9.59 Å². The fourth-order valence-corrected chi connectivity index (χ4v) is 7.57. The molecule has 0 aliphatic rings. The minimum atomic E-state index is -0.697. The standard InChI is InChI=1S/C50H94O4/c1-3-5-7-9-11-13-15-17-18-19-20-21-22-23-24-25-26-28-30-32-34-39-43-47-50(53)54-48(45-41-37-35-38-42-46-49(51)52)44-40-36-33-31-29-27-16-14-12-10-8-6-4-2/h15,17,19-20,48H,3-14,16,18,21-47H2,1-2H3,(H,51,52)/b17-15-,20-19-. The van der Waals surface area contributed by atoms with Crippen LogP contribution < -0.4 is 0 Å². The van der Waals surface area contributed by atoms with Crippen molar-refractivity contribution in [3.05, 3.63) is 24.3 Å². The summed E-state index contributed by atoms with van der Waals surface area (Å²) in [5, 5.41) is 8.86. The van der Waals surface area contributed by atoms with Gasteiger partial charge in [-0.2, -0.15) is 0 Å². The second-order valence-electron chi connectivity index (χ2n) is 16.7. The zero-order valence-corrected chi connectivity index (χ0v) is 36.6. The normalized spacial score (nSPS) is 12.3. The summed E-state index contributed by atoms with van der Waals surface area (Å²) in [5.74, 6) is -0.690. The number of carbonyl (C=O) groups is 2. The molecule has 318 valence electrons. The van der Waals surface area contributed by atoms with Gasteiger partial charge in [0, 0.05) is 12.8 Å². The van der Waals surface area contributed by atoms with E-state index in [0.717, 1.165) is 70.6 Å². The van der Waals surface area contributed by atoms with Crippen molar-refractivity contribution in [1.29, 1.82) is 0 Å². The fourth-order valence-electron chi connectivity index (χ4n) is 7.57. The van der Waals surface area contributed by atoms with Crippen LogP contribution in [0.3, 0.4) is 0 Å². The average Bonchev–Trinajstić information content (AvgIpc) is 3.16. The molecule has 1 N–H and O–H groups in total. The van der Waals surface area contributed by atoms with Gasteiger partial charge in [0.15, 0.2) is 0 Å². The van der Waals surface area contributed by atoms with E-state index in [1.807, 2.05) is 0 Å². The fraction of sp³-hybridized carbons (Fsp3) is 0.880. The van der Waals surface area contributed by atoms with Gasteiger partial charge in [0.2, 0.25) is 0 Å². The van der Waals surface area contributed by atoms with Crippen molar-refractivity contribution in [3.63, 3.8) is 0 Å². The number of carboxylic acids is 1. The van der Waals surface area contributed by atoms with Crippen LogP contribution >= 0.6 is 0 Å². The Hall–Kier alpha value is -1.58. The summed E-state index contributed by atoms with van der Waals surface area (Å²) in [6, 6.07) is 0. The van der Waals surface area contributed by atoms with E-state index >= 15 is 0 Å². The van der Waals surface area contributed by atoms with Gasteiger partial charge in [0.05, 0.1) is 0 Å². The van der Waals surface area contributed by atoms with Crippen LogP contribution in [0.1, 0.15) is 277 Å². The van der Waals surface area contributed by atoms with Crippen LogP contribution in [0.5, 0.6) is 0 Å². The molecule has 0 aromatic heterocycles. The van der Waals surface area contributed by atoms with E-state index in [1.165, 1.54) is 180 Å². The molecule has 0 radical (unpaired) electrons. The number of hydrogen-bond donors (Lipinski definition) is 1. The molecule has 4 nitrogen and oxygen atoms in total. The number of carbonyl (C=O) groups excluding carboxylic acids is 1. The molecule has 0 aliphatic carbocycles. The minimum absolute atomic E-state index is 0.00646. The van der Waals surface area contributed by atoms with Gasteiger partial charge in [-0.3, -0.25) is 9.59 Å². The maximum Gasteiger partial charge on any atom is 0.306 e. The number of unbranched alkanes of at least 4 members (excludes halogenated alkanes) is 32. The van der Waals surface area contributed by atoms with E-state index in [2.05, 4.69) is 38.2 Å². The van der Waals surface area contributed by atoms with Gasteiger partial charge in [-0.05, 0) is 70.6 Å². The third kappa shape index (κ3) is 44.8. The van der Waals surface area contributed by atoms with Crippen LogP contribution in [0.15, 0.2) is 24.3 Å². The molecule has 54 heavy (non-hydrogen) atoms. The van der Waals surface area contributed by atoms with Gasteiger partial charge in [-0.15, -0.1) is 0 Å². The highest BCUT2D eigenvalue weighted by molar-refractivity contribution is 5.69. The molecular formula is C50H94O4. The number of hydrogen-bond acceptors (Lipinski definition) is 3. The number of rotatable bonds is 45. The highest BCUT2D eigenvalue weighted by atomic mass is 16.5. The molecule has 4 heteroatoms. The predicted octanol–water partition coefficient (Wildman–Crippen LogP) is 17.1. The Morgan fingerprint density at radius 1 is 0.407 bits per heavy atom. The molecule has 0 heterocycles. The van der Waals surface area contributed by atoms with E-state index in [0.29, 0.717) is 6.42 Å². The molecular weight excluding hydrogens is 665 g/mol. The first-order chi connectivity index (χ1) is 26.6. The van der Waals surface area contributed by atoms with E-state index in [4.69, 9.17) is 9.84 Å². The van der Waals surface area contributed by atoms with Gasteiger partial charge in [-0.25, -0.2) is 0 Å². The summed E-state index contributed by atoms with van der Waals surface area (Å²) in [4.78, 5) is 23.5. The van der Waals surface area contributed by atoms with E-state index in [1.54, 1.807) is 0 Å². The molecule has 0 rings (SSSR count). The van der Waals surface area contributed by atoms with Crippen molar-refractivity contribution in [1.82, 2.24) is 0 Å². The summed E-state index contributed by atoms with van der Waals surface area (Å²) < 4.78 is 6.04. The molecule has 0 fully saturated rings. The van der Waals surface area contributed by atoms with Crippen LogP contribution in [0, 0.1) is 0 Å². The van der Waals surface area contributed by atoms with Crippen LogP contribution in [-0.4, -0.2) is 23.1 Å². The molecule has 0 aromatic rings.